The molecule has 114 valence electrons. The van der Waals surface area contributed by atoms with Crippen LogP contribution in [0.1, 0.15) is 40.5 Å². The number of benzene rings is 1. The minimum Gasteiger partial charge on any atom is -0.549 e. The molecular weight excluding hydrogens is 305 g/mol. The predicted octanol–water partition coefficient (Wildman–Crippen LogP) is -1.64. The smallest absolute Gasteiger partial charge is 0.549 e. The van der Waals surface area contributed by atoms with Crippen LogP contribution in [0, 0.1) is 0 Å². The van der Waals surface area contributed by atoms with Crippen molar-refractivity contribution in [3.8, 4) is 5.75 Å². The number of hydrogen-bond acceptors (Lipinski definition) is 4. The molecule has 0 fully saturated rings. The third-order valence-corrected chi connectivity index (χ3v) is 4.12. The average Bonchev–Trinajstić information content (AvgIpc) is 2.98. The second-order valence-electron chi connectivity index (χ2n) is 5.37. The van der Waals surface area contributed by atoms with Crippen molar-refractivity contribution >= 4 is 11.8 Å². The Morgan fingerprint density at radius 2 is 1.87 bits per heavy atom. The summed E-state index contributed by atoms with van der Waals surface area (Å²) in [5.74, 6) is -1.15. The van der Waals surface area contributed by atoms with Gasteiger partial charge in [0.2, 0.25) is 5.78 Å². The molecule has 23 heavy (non-hydrogen) atoms. The zero-order valence-corrected chi connectivity index (χ0v) is 15.2. The standard InChI is InChI=1S/C17H17NO4.Na/c1-22-12-6-4-11(5-7-12)16(19)15-9-8-14-13(17(20)21)3-2-10-18(14)15;/h4-9,13H,2-3,10H2,1H3,(H,20,21);/q;+1/p-1. The fourth-order valence-corrected chi connectivity index (χ4v) is 2.97. The quantitative estimate of drug-likeness (QED) is 0.500. The number of methoxy groups -OCH3 is 1. The van der Waals surface area contributed by atoms with Crippen molar-refractivity contribution in [2.24, 2.45) is 0 Å². The molecule has 0 spiro atoms. The van der Waals surface area contributed by atoms with Crippen molar-refractivity contribution in [2.75, 3.05) is 7.11 Å². The third-order valence-electron chi connectivity index (χ3n) is 4.12. The number of hydrogen-bond donors (Lipinski definition) is 0. The molecular formula is C17H16NNaO4. The maximum atomic E-state index is 12.6. The molecule has 6 heteroatoms. The molecule has 0 radical (unpaired) electrons. The summed E-state index contributed by atoms with van der Waals surface area (Å²) in [6.45, 7) is 0.656. The van der Waals surface area contributed by atoms with E-state index in [4.69, 9.17) is 4.74 Å². The summed E-state index contributed by atoms with van der Waals surface area (Å²) < 4.78 is 6.88. The monoisotopic (exact) mass is 321 g/mol. The van der Waals surface area contributed by atoms with E-state index in [9.17, 15) is 14.7 Å². The van der Waals surface area contributed by atoms with Crippen LogP contribution in [0.2, 0.25) is 0 Å². The number of aliphatic carboxylic acids is 1. The molecule has 3 rings (SSSR count). The van der Waals surface area contributed by atoms with E-state index in [0.717, 1.165) is 6.42 Å². The van der Waals surface area contributed by atoms with Crippen LogP contribution in [0.15, 0.2) is 36.4 Å². The van der Waals surface area contributed by atoms with Crippen molar-refractivity contribution < 1.29 is 49.0 Å². The number of carboxylic acids is 1. The van der Waals surface area contributed by atoms with Gasteiger partial charge in [0.25, 0.3) is 0 Å². The van der Waals surface area contributed by atoms with Crippen LogP contribution in [0.5, 0.6) is 5.75 Å². The third kappa shape index (κ3) is 3.37. The molecule has 0 aliphatic carbocycles. The van der Waals surface area contributed by atoms with Crippen LogP contribution in [0.4, 0.5) is 0 Å². The van der Waals surface area contributed by atoms with Crippen molar-refractivity contribution in [2.45, 2.75) is 25.3 Å². The molecule has 0 saturated heterocycles. The second kappa shape index (κ2) is 7.34. The van der Waals surface area contributed by atoms with Gasteiger partial charge in [-0.2, -0.15) is 0 Å². The molecule has 0 N–H and O–H groups in total. The van der Waals surface area contributed by atoms with Gasteiger partial charge in [0.15, 0.2) is 0 Å². The zero-order chi connectivity index (χ0) is 15.7. The number of fused-ring (bicyclic) bond motifs is 1. The van der Waals surface area contributed by atoms with Gasteiger partial charge in [-0.05, 0) is 49.2 Å². The number of carboxylic acid groups (broad SMARTS) is 1. The number of aromatic nitrogens is 1. The van der Waals surface area contributed by atoms with Crippen molar-refractivity contribution in [3.05, 3.63) is 53.3 Å². The molecule has 1 atom stereocenters. The first-order chi connectivity index (χ1) is 10.6. The van der Waals surface area contributed by atoms with E-state index in [1.807, 2.05) is 0 Å². The van der Waals surface area contributed by atoms with Crippen LogP contribution in [0.3, 0.4) is 0 Å². The Morgan fingerprint density at radius 3 is 2.48 bits per heavy atom. The van der Waals surface area contributed by atoms with Gasteiger partial charge in [-0.25, -0.2) is 0 Å². The molecule has 2 heterocycles. The van der Waals surface area contributed by atoms with Gasteiger partial charge in [-0.3, -0.25) is 4.79 Å². The van der Waals surface area contributed by atoms with Gasteiger partial charge >= 0.3 is 29.6 Å². The summed E-state index contributed by atoms with van der Waals surface area (Å²) in [4.78, 5) is 23.8. The van der Waals surface area contributed by atoms with Gasteiger partial charge in [-0.1, -0.05) is 0 Å². The Kier molecular flexibility index (Phi) is 5.68. The van der Waals surface area contributed by atoms with Crippen LogP contribution in [0.25, 0.3) is 0 Å². The Labute approximate surface area is 156 Å². The number of ether oxygens (including phenoxy) is 1. The van der Waals surface area contributed by atoms with Gasteiger partial charge in [-0.15, -0.1) is 0 Å². The average molecular weight is 321 g/mol. The first-order valence-corrected chi connectivity index (χ1v) is 7.21. The summed E-state index contributed by atoms with van der Waals surface area (Å²) in [7, 11) is 1.57. The predicted molar refractivity (Wildman–Crippen MR) is 77.8 cm³/mol. The van der Waals surface area contributed by atoms with E-state index in [-0.39, 0.29) is 35.3 Å². The number of nitrogens with zero attached hydrogens (tertiary/aromatic N) is 1. The van der Waals surface area contributed by atoms with Crippen molar-refractivity contribution in [1.29, 1.82) is 0 Å². The van der Waals surface area contributed by atoms with Crippen LogP contribution in [-0.2, 0) is 11.3 Å². The molecule has 1 aromatic carbocycles. The van der Waals surface area contributed by atoms with Crippen LogP contribution >= 0.6 is 0 Å². The topological polar surface area (TPSA) is 71.4 Å². The summed E-state index contributed by atoms with van der Waals surface area (Å²) in [6, 6.07) is 10.3. The molecule has 1 aliphatic heterocycles. The zero-order valence-electron chi connectivity index (χ0n) is 13.2. The van der Waals surface area contributed by atoms with Crippen molar-refractivity contribution in [3.63, 3.8) is 0 Å². The minimum absolute atomic E-state index is 0. The normalized spacial score (nSPS) is 16.1. The van der Waals surface area contributed by atoms with Gasteiger partial charge < -0.3 is 19.2 Å². The SMILES string of the molecule is COc1ccc(C(=O)c2ccc3n2CCCC3C(=O)[O-])cc1.[Na+]. The maximum absolute atomic E-state index is 12.6. The van der Waals surface area contributed by atoms with E-state index in [1.165, 1.54) is 0 Å². The van der Waals surface area contributed by atoms with E-state index in [2.05, 4.69) is 0 Å². The van der Waals surface area contributed by atoms with E-state index in [1.54, 1.807) is 48.1 Å². The summed E-state index contributed by atoms with van der Waals surface area (Å²) in [5.41, 5.74) is 1.73. The Balaban J connectivity index is 0.00000192. The van der Waals surface area contributed by atoms with Gasteiger partial charge in [0.1, 0.15) is 5.75 Å². The number of rotatable bonds is 4. The summed E-state index contributed by atoms with van der Waals surface area (Å²) in [6.07, 6.45) is 1.28. The Hall–Kier alpha value is -1.56. The van der Waals surface area contributed by atoms with Gasteiger partial charge in [0.05, 0.1) is 18.8 Å². The van der Waals surface area contributed by atoms with Crippen molar-refractivity contribution in [1.82, 2.24) is 4.57 Å². The van der Waals surface area contributed by atoms with Crippen LogP contribution in [-0.4, -0.2) is 23.4 Å². The van der Waals surface area contributed by atoms with Gasteiger partial charge in [0, 0.05) is 23.7 Å². The fourth-order valence-electron chi connectivity index (χ4n) is 2.97. The van der Waals surface area contributed by atoms with E-state index >= 15 is 0 Å². The molecule has 0 saturated carbocycles. The first-order valence-electron chi connectivity index (χ1n) is 7.21. The first kappa shape index (κ1) is 17.8. The number of ketones is 1. The number of carbonyl (C=O) groups is 2. The van der Waals surface area contributed by atoms with E-state index in [0.29, 0.717) is 35.7 Å². The molecule has 1 aromatic heterocycles. The molecule has 0 bridgehead atoms. The molecule has 1 aliphatic rings. The minimum atomic E-state index is -1.08. The fraction of sp³-hybridized carbons (Fsp3) is 0.294. The summed E-state index contributed by atoms with van der Waals surface area (Å²) in [5, 5.41) is 11.2. The summed E-state index contributed by atoms with van der Waals surface area (Å²) >= 11 is 0. The molecule has 0 amide bonds. The van der Waals surface area contributed by atoms with E-state index < -0.39 is 11.9 Å². The Bertz CT molecular complexity index is 721. The maximum Gasteiger partial charge on any atom is 1.00 e. The molecule has 2 aromatic rings. The largest absolute Gasteiger partial charge is 1.00 e. The molecule has 1 unspecified atom stereocenters. The Morgan fingerprint density at radius 1 is 1.17 bits per heavy atom. The second-order valence-corrected chi connectivity index (χ2v) is 5.37. The number of carbonyl (C=O) groups excluding carboxylic acids is 2. The van der Waals surface area contributed by atoms with Crippen LogP contribution < -0.4 is 39.4 Å². The molecule has 5 nitrogen and oxygen atoms in total.